The lowest BCUT2D eigenvalue weighted by molar-refractivity contribution is -0.0887. The molecule has 0 aliphatic carbocycles. The van der Waals surface area contributed by atoms with Gasteiger partial charge in [0.2, 0.25) is 0 Å². The normalized spacial score (nSPS) is 33.0. The van der Waals surface area contributed by atoms with Crippen LogP contribution in [0.25, 0.3) is 0 Å². The molecule has 3 rings (SSSR count). The molecule has 1 aromatic carbocycles. The van der Waals surface area contributed by atoms with Crippen LogP contribution in [0, 0.1) is 11.6 Å². The summed E-state index contributed by atoms with van der Waals surface area (Å²) in [6.45, 7) is 0. The highest BCUT2D eigenvalue weighted by molar-refractivity contribution is 5.40. The van der Waals surface area contributed by atoms with Gasteiger partial charge in [-0.1, -0.05) is 6.42 Å². The molecule has 0 radical (unpaired) electrons. The van der Waals surface area contributed by atoms with Crippen molar-refractivity contribution in [2.75, 3.05) is 14.2 Å². The first-order chi connectivity index (χ1) is 9.94. The Morgan fingerprint density at radius 3 is 2.43 bits per heavy atom. The first-order valence-electron chi connectivity index (χ1n) is 7.42. The number of halogens is 2. The Labute approximate surface area is 123 Å². The van der Waals surface area contributed by atoms with Crippen LogP contribution in [0.15, 0.2) is 12.1 Å². The molecule has 2 heterocycles. The van der Waals surface area contributed by atoms with Crippen molar-refractivity contribution in [1.82, 2.24) is 4.90 Å². The zero-order valence-electron chi connectivity index (χ0n) is 12.4. The largest absolute Gasteiger partial charge is 0.493 e. The van der Waals surface area contributed by atoms with Crippen LogP contribution in [-0.2, 0) is 5.60 Å². The summed E-state index contributed by atoms with van der Waals surface area (Å²) in [5.41, 5.74) is -0.983. The van der Waals surface area contributed by atoms with E-state index >= 15 is 0 Å². The molecule has 1 aromatic rings. The van der Waals surface area contributed by atoms with Gasteiger partial charge < -0.3 is 14.7 Å². The Morgan fingerprint density at radius 1 is 1.24 bits per heavy atom. The van der Waals surface area contributed by atoms with E-state index in [1.807, 2.05) is 0 Å². The molecular weight excluding hydrogens is 276 g/mol. The minimum atomic E-state index is -1.23. The smallest absolute Gasteiger partial charge is 0.168 e. The molecule has 5 heteroatoms. The van der Waals surface area contributed by atoms with E-state index in [0.29, 0.717) is 12.8 Å². The maximum Gasteiger partial charge on any atom is 0.168 e. The van der Waals surface area contributed by atoms with E-state index < -0.39 is 17.2 Å². The molecule has 2 aliphatic rings. The second-order valence-corrected chi connectivity index (χ2v) is 6.31. The molecule has 116 valence electrons. The lowest BCUT2D eigenvalue weighted by Crippen LogP contribution is -2.55. The van der Waals surface area contributed by atoms with E-state index in [-0.39, 0.29) is 23.4 Å². The van der Waals surface area contributed by atoms with Gasteiger partial charge >= 0.3 is 0 Å². The average Bonchev–Trinajstić information content (AvgIpc) is 2.40. The molecule has 0 spiro atoms. The van der Waals surface area contributed by atoms with Crippen molar-refractivity contribution in [3.8, 4) is 5.75 Å². The van der Waals surface area contributed by atoms with Gasteiger partial charge in [-0.25, -0.2) is 8.78 Å². The quantitative estimate of drug-likeness (QED) is 0.911. The fraction of sp³-hybridized carbons (Fsp3) is 0.625. The van der Waals surface area contributed by atoms with E-state index in [1.54, 1.807) is 0 Å². The number of hydrogen-bond acceptors (Lipinski definition) is 3. The van der Waals surface area contributed by atoms with Crippen molar-refractivity contribution < 1.29 is 18.6 Å². The number of aliphatic hydroxyl groups is 1. The third kappa shape index (κ3) is 2.42. The first kappa shape index (κ1) is 14.7. The van der Waals surface area contributed by atoms with Gasteiger partial charge in [-0.2, -0.15) is 0 Å². The Morgan fingerprint density at radius 2 is 1.86 bits per heavy atom. The highest BCUT2D eigenvalue weighted by Crippen LogP contribution is 2.46. The molecule has 0 aromatic heterocycles. The maximum absolute atomic E-state index is 13.9. The SMILES string of the molecule is COc1c(F)cc(F)cc1C1(O)CC2CCCC(C1)N2C. The van der Waals surface area contributed by atoms with Crippen molar-refractivity contribution in [2.45, 2.75) is 49.8 Å². The van der Waals surface area contributed by atoms with Gasteiger partial charge in [0.25, 0.3) is 0 Å². The number of fused-ring (bicyclic) bond motifs is 2. The van der Waals surface area contributed by atoms with Crippen molar-refractivity contribution >= 4 is 0 Å². The number of piperidine rings is 2. The summed E-state index contributed by atoms with van der Waals surface area (Å²) in [5.74, 6) is -1.48. The zero-order chi connectivity index (χ0) is 15.2. The van der Waals surface area contributed by atoms with Crippen LogP contribution in [0.4, 0.5) is 8.78 Å². The number of nitrogens with zero attached hydrogens (tertiary/aromatic N) is 1. The topological polar surface area (TPSA) is 32.7 Å². The summed E-state index contributed by atoms with van der Waals surface area (Å²) in [7, 11) is 3.41. The summed E-state index contributed by atoms with van der Waals surface area (Å²) >= 11 is 0. The van der Waals surface area contributed by atoms with Gasteiger partial charge in [-0.15, -0.1) is 0 Å². The van der Waals surface area contributed by atoms with Crippen LogP contribution in [0.5, 0.6) is 5.75 Å². The van der Waals surface area contributed by atoms with Crippen molar-refractivity contribution in [2.24, 2.45) is 0 Å². The highest BCUT2D eigenvalue weighted by atomic mass is 19.1. The lowest BCUT2D eigenvalue weighted by atomic mass is 9.72. The van der Waals surface area contributed by atoms with E-state index in [9.17, 15) is 13.9 Å². The van der Waals surface area contributed by atoms with Gasteiger partial charge in [0.15, 0.2) is 11.6 Å². The molecule has 3 nitrogen and oxygen atoms in total. The molecule has 1 N–H and O–H groups in total. The predicted octanol–water partition coefficient (Wildman–Crippen LogP) is 2.81. The second kappa shape index (κ2) is 5.21. The molecular formula is C16H21F2NO2. The molecule has 0 saturated carbocycles. The minimum absolute atomic E-state index is 0.0403. The van der Waals surface area contributed by atoms with Gasteiger partial charge in [0.1, 0.15) is 5.82 Å². The van der Waals surface area contributed by atoms with Crippen LogP contribution in [0.3, 0.4) is 0 Å². The minimum Gasteiger partial charge on any atom is -0.493 e. The lowest BCUT2D eigenvalue weighted by Gasteiger charge is -2.51. The van der Waals surface area contributed by atoms with Gasteiger partial charge in [0, 0.05) is 23.7 Å². The third-order valence-corrected chi connectivity index (χ3v) is 5.09. The zero-order valence-corrected chi connectivity index (χ0v) is 12.4. The summed E-state index contributed by atoms with van der Waals surface area (Å²) < 4.78 is 32.6. The van der Waals surface area contributed by atoms with Gasteiger partial charge in [0.05, 0.1) is 12.7 Å². The average molecular weight is 297 g/mol. The molecule has 2 unspecified atom stereocenters. The Balaban J connectivity index is 2.03. The molecule has 2 bridgehead atoms. The van der Waals surface area contributed by atoms with Crippen LogP contribution in [0.1, 0.15) is 37.7 Å². The predicted molar refractivity (Wildman–Crippen MR) is 75.2 cm³/mol. The number of methoxy groups -OCH3 is 1. The van der Waals surface area contributed by atoms with E-state index in [2.05, 4.69) is 11.9 Å². The van der Waals surface area contributed by atoms with Crippen LogP contribution in [-0.4, -0.2) is 36.2 Å². The Hall–Kier alpha value is -1.20. The number of rotatable bonds is 2. The Bertz CT molecular complexity index is 535. The highest BCUT2D eigenvalue weighted by Gasteiger charge is 2.46. The van der Waals surface area contributed by atoms with Gasteiger partial charge in [-0.3, -0.25) is 0 Å². The molecule has 2 aliphatic heterocycles. The van der Waals surface area contributed by atoms with Crippen molar-refractivity contribution in [3.63, 3.8) is 0 Å². The number of benzene rings is 1. The van der Waals surface area contributed by atoms with Crippen molar-refractivity contribution in [3.05, 3.63) is 29.3 Å². The summed E-state index contributed by atoms with van der Waals surface area (Å²) in [6.07, 6.45) is 4.13. The van der Waals surface area contributed by atoms with Crippen molar-refractivity contribution in [1.29, 1.82) is 0 Å². The third-order valence-electron chi connectivity index (χ3n) is 5.09. The molecule has 2 fully saturated rings. The first-order valence-corrected chi connectivity index (χ1v) is 7.42. The van der Waals surface area contributed by atoms with E-state index in [1.165, 1.54) is 13.2 Å². The second-order valence-electron chi connectivity index (χ2n) is 6.31. The standard InChI is InChI=1S/C16H21F2NO2/c1-19-11-4-3-5-12(19)9-16(20,8-11)13-6-10(17)7-14(18)15(13)21-2/h6-7,11-12,20H,3-5,8-9H2,1-2H3. The van der Waals surface area contributed by atoms with E-state index in [0.717, 1.165) is 25.3 Å². The molecule has 2 saturated heterocycles. The fourth-order valence-corrected chi connectivity index (χ4v) is 3.98. The number of hydrogen-bond donors (Lipinski definition) is 1. The fourth-order valence-electron chi connectivity index (χ4n) is 3.98. The number of ether oxygens (including phenoxy) is 1. The molecule has 0 amide bonds. The monoisotopic (exact) mass is 297 g/mol. The van der Waals surface area contributed by atoms with Crippen LogP contribution < -0.4 is 4.74 Å². The maximum atomic E-state index is 13.9. The van der Waals surface area contributed by atoms with Gasteiger partial charge in [-0.05, 0) is 38.8 Å². The molecule has 21 heavy (non-hydrogen) atoms. The van der Waals surface area contributed by atoms with Crippen LogP contribution >= 0.6 is 0 Å². The molecule has 2 atom stereocenters. The Kier molecular flexibility index (Phi) is 3.66. The van der Waals surface area contributed by atoms with Crippen LogP contribution in [0.2, 0.25) is 0 Å². The van der Waals surface area contributed by atoms with E-state index in [4.69, 9.17) is 4.74 Å². The summed E-state index contributed by atoms with van der Waals surface area (Å²) in [5, 5.41) is 11.1. The summed E-state index contributed by atoms with van der Waals surface area (Å²) in [4.78, 5) is 2.29. The summed E-state index contributed by atoms with van der Waals surface area (Å²) in [6, 6.07) is 2.50.